The van der Waals surface area contributed by atoms with Crippen molar-refractivity contribution in [2.45, 2.75) is 39.5 Å². The minimum atomic E-state index is 0.0775. The van der Waals surface area contributed by atoms with Crippen LogP contribution in [-0.2, 0) is 0 Å². The van der Waals surface area contributed by atoms with Crippen molar-refractivity contribution in [3.8, 4) is 5.75 Å². The zero-order chi connectivity index (χ0) is 14.5. The van der Waals surface area contributed by atoms with E-state index in [0.29, 0.717) is 5.75 Å². The van der Waals surface area contributed by atoms with Crippen LogP contribution in [0.25, 0.3) is 0 Å². The van der Waals surface area contributed by atoms with E-state index in [-0.39, 0.29) is 5.78 Å². The second-order valence-electron chi connectivity index (χ2n) is 5.60. The zero-order valence-corrected chi connectivity index (χ0v) is 12.8. The molecule has 1 saturated heterocycles. The highest BCUT2D eigenvalue weighted by molar-refractivity contribution is 6.02. The number of anilines is 1. The largest absolute Gasteiger partial charge is 0.496 e. The Morgan fingerprint density at radius 1 is 1.35 bits per heavy atom. The number of carbonyl (C=O) groups is 1. The molecule has 3 heteroatoms. The summed E-state index contributed by atoms with van der Waals surface area (Å²) in [5, 5.41) is 0. The number of Topliss-reactive ketones (excluding diaryl/α,β-unsaturated/α-hetero) is 1. The summed E-state index contributed by atoms with van der Waals surface area (Å²) in [7, 11) is 1.63. The van der Waals surface area contributed by atoms with Gasteiger partial charge in [-0.05, 0) is 44.2 Å². The number of hydrogen-bond acceptors (Lipinski definition) is 3. The van der Waals surface area contributed by atoms with Crippen molar-refractivity contribution in [3.63, 3.8) is 0 Å². The van der Waals surface area contributed by atoms with E-state index in [1.165, 1.54) is 25.7 Å². The third-order valence-corrected chi connectivity index (χ3v) is 4.34. The molecule has 0 radical (unpaired) electrons. The highest BCUT2D eigenvalue weighted by Gasteiger charge is 2.21. The first-order chi connectivity index (χ1) is 9.67. The number of methoxy groups -OCH3 is 1. The second kappa shape index (κ2) is 6.78. The fourth-order valence-corrected chi connectivity index (χ4v) is 3.12. The lowest BCUT2D eigenvalue weighted by molar-refractivity contribution is 0.101. The third-order valence-electron chi connectivity index (χ3n) is 4.34. The van der Waals surface area contributed by atoms with Crippen molar-refractivity contribution in [2.75, 3.05) is 25.1 Å². The van der Waals surface area contributed by atoms with Crippen LogP contribution in [-0.4, -0.2) is 26.0 Å². The number of nitrogens with zero attached hydrogens (tertiary/aromatic N) is 1. The van der Waals surface area contributed by atoms with Gasteiger partial charge in [-0.3, -0.25) is 4.79 Å². The van der Waals surface area contributed by atoms with E-state index in [2.05, 4.69) is 11.8 Å². The van der Waals surface area contributed by atoms with Gasteiger partial charge in [0.15, 0.2) is 5.78 Å². The molecule has 1 heterocycles. The highest BCUT2D eigenvalue weighted by Crippen LogP contribution is 2.32. The molecule has 1 aromatic carbocycles. The topological polar surface area (TPSA) is 29.5 Å². The van der Waals surface area contributed by atoms with Gasteiger partial charge in [0, 0.05) is 13.1 Å². The van der Waals surface area contributed by atoms with Crippen molar-refractivity contribution >= 4 is 11.5 Å². The summed E-state index contributed by atoms with van der Waals surface area (Å²) in [4.78, 5) is 14.3. The van der Waals surface area contributed by atoms with E-state index in [1.807, 2.05) is 18.2 Å². The molecule has 0 aromatic heterocycles. The molecule has 1 unspecified atom stereocenters. The van der Waals surface area contributed by atoms with Crippen LogP contribution >= 0.6 is 0 Å². The summed E-state index contributed by atoms with van der Waals surface area (Å²) in [6.07, 6.45) is 4.97. The normalized spacial score (nSPS) is 19.6. The number of carbonyl (C=O) groups excluding carboxylic acids is 1. The number of ketones is 1. The Hall–Kier alpha value is -1.51. The molecule has 1 aliphatic heterocycles. The van der Waals surface area contributed by atoms with E-state index in [1.54, 1.807) is 14.0 Å². The van der Waals surface area contributed by atoms with E-state index in [0.717, 1.165) is 30.3 Å². The van der Waals surface area contributed by atoms with Crippen LogP contribution in [0.3, 0.4) is 0 Å². The van der Waals surface area contributed by atoms with Gasteiger partial charge in [-0.15, -0.1) is 0 Å². The summed E-state index contributed by atoms with van der Waals surface area (Å²) in [5.41, 5.74) is 1.76. The summed E-state index contributed by atoms with van der Waals surface area (Å²) in [5.74, 6) is 1.59. The molecular weight excluding hydrogens is 250 g/mol. The van der Waals surface area contributed by atoms with Crippen LogP contribution < -0.4 is 9.64 Å². The monoisotopic (exact) mass is 275 g/mol. The van der Waals surface area contributed by atoms with Gasteiger partial charge in [0.2, 0.25) is 0 Å². The molecule has 0 N–H and O–H groups in total. The maximum Gasteiger partial charge on any atom is 0.165 e. The average molecular weight is 275 g/mol. The van der Waals surface area contributed by atoms with Crippen molar-refractivity contribution in [3.05, 3.63) is 23.8 Å². The second-order valence-corrected chi connectivity index (χ2v) is 5.60. The minimum Gasteiger partial charge on any atom is -0.496 e. The van der Waals surface area contributed by atoms with Crippen LogP contribution in [0.15, 0.2) is 18.2 Å². The smallest absolute Gasteiger partial charge is 0.165 e. The van der Waals surface area contributed by atoms with Crippen molar-refractivity contribution in [1.82, 2.24) is 0 Å². The van der Waals surface area contributed by atoms with E-state index >= 15 is 0 Å². The molecule has 1 fully saturated rings. The van der Waals surface area contributed by atoms with Gasteiger partial charge in [0.05, 0.1) is 18.4 Å². The summed E-state index contributed by atoms with van der Waals surface area (Å²) >= 11 is 0. The first kappa shape index (κ1) is 14.9. The summed E-state index contributed by atoms with van der Waals surface area (Å²) < 4.78 is 5.36. The third kappa shape index (κ3) is 3.14. The molecule has 3 nitrogen and oxygen atoms in total. The van der Waals surface area contributed by atoms with Gasteiger partial charge in [-0.25, -0.2) is 0 Å². The van der Waals surface area contributed by atoms with Gasteiger partial charge in [0.1, 0.15) is 5.75 Å². The van der Waals surface area contributed by atoms with Crippen LogP contribution in [0.4, 0.5) is 5.69 Å². The maximum atomic E-state index is 12.0. The first-order valence-corrected chi connectivity index (χ1v) is 7.60. The Labute approximate surface area is 121 Å². The number of benzene rings is 1. The molecule has 110 valence electrons. The number of hydrogen-bond donors (Lipinski definition) is 0. The van der Waals surface area contributed by atoms with E-state index in [9.17, 15) is 4.79 Å². The molecule has 2 rings (SSSR count). The van der Waals surface area contributed by atoms with Crippen LogP contribution in [0.1, 0.15) is 49.9 Å². The van der Waals surface area contributed by atoms with Crippen molar-refractivity contribution < 1.29 is 9.53 Å². The lowest BCUT2D eigenvalue weighted by Gasteiger charge is -2.26. The number of rotatable bonds is 4. The fourth-order valence-electron chi connectivity index (χ4n) is 3.12. The Bertz CT molecular complexity index is 470. The molecule has 0 bridgehead atoms. The molecule has 1 aromatic rings. The standard InChI is InChI=1S/C17H25NO2/c1-4-14-7-6-11-18(12-10-14)15-8-5-9-16(20-3)17(15)13(2)19/h5,8-9,14H,4,6-7,10-12H2,1-3H3. The molecule has 1 aliphatic rings. The van der Waals surface area contributed by atoms with Gasteiger partial charge in [-0.1, -0.05) is 19.4 Å². The molecule has 0 spiro atoms. The molecule has 1 atom stereocenters. The summed E-state index contributed by atoms with van der Waals surface area (Å²) in [6, 6.07) is 5.89. The molecule has 20 heavy (non-hydrogen) atoms. The predicted molar refractivity (Wildman–Crippen MR) is 82.8 cm³/mol. The SMILES string of the molecule is CCC1CCCN(c2cccc(OC)c2C(C)=O)CC1. The first-order valence-electron chi connectivity index (χ1n) is 7.60. The van der Waals surface area contributed by atoms with Crippen LogP contribution in [0, 0.1) is 5.92 Å². The Morgan fingerprint density at radius 3 is 2.80 bits per heavy atom. The quantitative estimate of drug-likeness (QED) is 0.780. The summed E-state index contributed by atoms with van der Waals surface area (Å²) in [6.45, 7) is 5.96. The zero-order valence-electron chi connectivity index (χ0n) is 12.8. The highest BCUT2D eigenvalue weighted by atomic mass is 16.5. The lowest BCUT2D eigenvalue weighted by Crippen LogP contribution is -2.26. The van der Waals surface area contributed by atoms with Gasteiger partial charge in [-0.2, -0.15) is 0 Å². The Morgan fingerprint density at radius 2 is 2.15 bits per heavy atom. The molecule has 0 aliphatic carbocycles. The van der Waals surface area contributed by atoms with Gasteiger partial charge in [0.25, 0.3) is 0 Å². The average Bonchev–Trinajstić information content (AvgIpc) is 2.71. The lowest BCUT2D eigenvalue weighted by atomic mass is 9.98. The fraction of sp³-hybridized carbons (Fsp3) is 0.588. The van der Waals surface area contributed by atoms with Crippen LogP contribution in [0.2, 0.25) is 0 Å². The Kier molecular flexibility index (Phi) is 5.05. The van der Waals surface area contributed by atoms with Gasteiger partial charge >= 0.3 is 0 Å². The molecular formula is C17H25NO2. The molecule has 0 amide bonds. The van der Waals surface area contributed by atoms with E-state index < -0.39 is 0 Å². The number of ether oxygens (including phenoxy) is 1. The Balaban J connectivity index is 2.30. The molecule has 0 saturated carbocycles. The predicted octanol–water partition coefficient (Wildman–Crippen LogP) is 3.91. The van der Waals surface area contributed by atoms with Crippen LogP contribution in [0.5, 0.6) is 5.75 Å². The maximum absolute atomic E-state index is 12.0. The van der Waals surface area contributed by atoms with Crippen molar-refractivity contribution in [2.24, 2.45) is 5.92 Å². The van der Waals surface area contributed by atoms with Gasteiger partial charge < -0.3 is 9.64 Å². The van der Waals surface area contributed by atoms with Crippen molar-refractivity contribution in [1.29, 1.82) is 0 Å². The minimum absolute atomic E-state index is 0.0775. The van der Waals surface area contributed by atoms with E-state index in [4.69, 9.17) is 4.74 Å².